The van der Waals surface area contributed by atoms with E-state index >= 15 is 0 Å². The molecule has 0 aliphatic heterocycles. The molecular weight excluding hydrogens is 312 g/mol. The van der Waals surface area contributed by atoms with Crippen molar-refractivity contribution in [2.24, 2.45) is 0 Å². The number of carboxylic acid groups (broad SMARTS) is 1. The second-order valence-electron chi connectivity index (χ2n) is 7.24. The van der Waals surface area contributed by atoms with E-state index in [1.54, 1.807) is 0 Å². The highest BCUT2D eigenvalue weighted by molar-refractivity contribution is 5.66. The highest BCUT2D eigenvalue weighted by Crippen LogP contribution is 2.19. The van der Waals surface area contributed by atoms with Crippen molar-refractivity contribution < 1.29 is 15.0 Å². The number of hydrogen-bond donors (Lipinski definition) is 2. The number of allylic oxidation sites excluding steroid dienone is 3. The molecule has 25 heavy (non-hydrogen) atoms. The molecule has 0 bridgehead atoms. The van der Waals surface area contributed by atoms with Crippen molar-refractivity contribution in [3.8, 4) is 0 Å². The van der Waals surface area contributed by atoms with Crippen molar-refractivity contribution in [1.29, 1.82) is 0 Å². The maximum Gasteiger partial charge on any atom is 0.303 e. The van der Waals surface area contributed by atoms with E-state index in [9.17, 15) is 9.90 Å². The van der Waals surface area contributed by atoms with E-state index in [1.807, 2.05) is 0 Å². The van der Waals surface area contributed by atoms with Gasteiger partial charge in [0.2, 0.25) is 0 Å². The molecule has 0 radical (unpaired) electrons. The fourth-order valence-corrected chi connectivity index (χ4v) is 2.97. The molecule has 0 spiro atoms. The van der Waals surface area contributed by atoms with E-state index in [-0.39, 0.29) is 6.10 Å². The molecule has 0 aromatic heterocycles. The average Bonchev–Trinajstić information content (AvgIpc) is 2.56. The van der Waals surface area contributed by atoms with Crippen LogP contribution in [-0.2, 0) is 4.79 Å². The van der Waals surface area contributed by atoms with Gasteiger partial charge in [-0.1, -0.05) is 62.3 Å². The lowest BCUT2D eigenvalue weighted by Crippen LogP contribution is -2.07. The second kappa shape index (κ2) is 16.4. The molecule has 0 aromatic rings. The predicted molar refractivity (Wildman–Crippen MR) is 107 cm³/mol. The van der Waals surface area contributed by atoms with E-state index in [0.29, 0.717) is 6.42 Å². The Balaban J connectivity index is 3.70. The van der Waals surface area contributed by atoms with Gasteiger partial charge >= 0.3 is 5.97 Å². The zero-order valence-corrected chi connectivity index (χ0v) is 16.7. The van der Waals surface area contributed by atoms with Gasteiger partial charge in [-0.25, -0.2) is 0 Å². The number of rotatable bonds is 16. The Kier molecular flexibility index (Phi) is 15.7. The monoisotopic (exact) mass is 352 g/mol. The van der Waals surface area contributed by atoms with Crippen LogP contribution in [0.2, 0.25) is 0 Å². The second-order valence-corrected chi connectivity index (χ2v) is 7.24. The van der Waals surface area contributed by atoms with Crippen molar-refractivity contribution in [3.05, 3.63) is 23.3 Å². The molecule has 0 rings (SSSR count). The summed E-state index contributed by atoms with van der Waals surface area (Å²) in [5.41, 5.74) is 2.78. The van der Waals surface area contributed by atoms with Gasteiger partial charge in [0.1, 0.15) is 0 Å². The molecule has 0 aromatic carbocycles. The fraction of sp³-hybridized carbons (Fsp3) is 0.773. The first-order chi connectivity index (χ1) is 12.0. The van der Waals surface area contributed by atoms with E-state index in [4.69, 9.17) is 5.11 Å². The average molecular weight is 353 g/mol. The van der Waals surface area contributed by atoms with Crippen molar-refractivity contribution in [1.82, 2.24) is 0 Å². The van der Waals surface area contributed by atoms with Gasteiger partial charge in [0.05, 0.1) is 6.10 Å². The van der Waals surface area contributed by atoms with Gasteiger partial charge in [0.15, 0.2) is 0 Å². The summed E-state index contributed by atoms with van der Waals surface area (Å²) >= 11 is 0. The number of aliphatic carboxylic acids is 1. The quantitative estimate of drug-likeness (QED) is 0.249. The summed E-state index contributed by atoms with van der Waals surface area (Å²) in [6.07, 6.45) is 17.1. The van der Waals surface area contributed by atoms with E-state index in [1.165, 1.54) is 36.8 Å². The first kappa shape index (κ1) is 23.9. The lowest BCUT2D eigenvalue weighted by atomic mass is 9.97. The topological polar surface area (TPSA) is 57.5 Å². The van der Waals surface area contributed by atoms with Crippen LogP contribution >= 0.6 is 0 Å². The molecule has 1 unspecified atom stereocenters. The summed E-state index contributed by atoms with van der Waals surface area (Å²) in [7, 11) is 0. The minimum Gasteiger partial charge on any atom is -0.481 e. The van der Waals surface area contributed by atoms with Gasteiger partial charge < -0.3 is 10.2 Å². The maximum atomic E-state index is 10.4. The van der Waals surface area contributed by atoms with Crippen LogP contribution in [0.25, 0.3) is 0 Å². The van der Waals surface area contributed by atoms with Crippen LogP contribution < -0.4 is 0 Å². The number of carbonyl (C=O) groups is 1. The van der Waals surface area contributed by atoms with Crippen molar-refractivity contribution >= 4 is 5.97 Å². The minimum absolute atomic E-state index is 0.220. The van der Waals surface area contributed by atoms with Crippen molar-refractivity contribution in [2.75, 3.05) is 0 Å². The summed E-state index contributed by atoms with van der Waals surface area (Å²) in [6, 6.07) is 0. The van der Waals surface area contributed by atoms with E-state index in [0.717, 1.165) is 51.4 Å². The smallest absolute Gasteiger partial charge is 0.303 e. The highest BCUT2D eigenvalue weighted by Gasteiger charge is 2.06. The zero-order chi connectivity index (χ0) is 18.9. The van der Waals surface area contributed by atoms with Crippen molar-refractivity contribution in [2.45, 2.75) is 110 Å². The Labute approximate surface area is 155 Å². The van der Waals surface area contributed by atoms with Gasteiger partial charge in [-0.15, -0.1) is 0 Å². The molecule has 0 heterocycles. The Morgan fingerprint density at radius 1 is 0.880 bits per heavy atom. The van der Waals surface area contributed by atoms with Crippen LogP contribution in [0, 0.1) is 0 Å². The SMILES string of the molecule is CC/C=C\CCC(O)C/C(C)=C(/C)CCCCCCCCCC(=O)O. The zero-order valence-electron chi connectivity index (χ0n) is 16.7. The molecular formula is C22H40O3. The van der Waals surface area contributed by atoms with Gasteiger partial charge in [-0.05, 0) is 58.8 Å². The van der Waals surface area contributed by atoms with Crippen LogP contribution in [-0.4, -0.2) is 22.3 Å². The summed E-state index contributed by atoms with van der Waals surface area (Å²) in [4.78, 5) is 10.4. The molecule has 2 N–H and O–H groups in total. The van der Waals surface area contributed by atoms with Gasteiger partial charge in [0.25, 0.3) is 0 Å². The normalized spacial score (nSPS) is 13.9. The van der Waals surface area contributed by atoms with Crippen LogP contribution in [0.4, 0.5) is 0 Å². The van der Waals surface area contributed by atoms with Gasteiger partial charge in [0, 0.05) is 6.42 Å². The molecule has 146 valence electrons. The Hall–Kier alpha value is -1.09. The number of carboxylic acids is 1. The first-order valence-electron chi connectivity index (χ1n) is 10.2. The predicted octanol–water partition coefficient (Wildman–Crippen LogP) is 6.42. The molecule has 0 fully saturated rings. The minimum atomic E-state index is -0.680. The number of aliphatic hydroxyl groups is 1. The van der Waals surface area contributed by atoms with Crippen LogP contribution in [0.1, 0.15) is 104 Å². The largest absolute Gasteiger partial charge is 0.481 e. The molecule has 3 heteroatoms. The Morgan fingerprint density at radius 2 is 1.44 bits per heavy atom. The molecule has 3 nitrogen and oxygen atoms in total. The maximum absolute atomic E-state index is 10.4. The third-order valence-corrected chi connectivity index (χ3v) is 4.78. The van der Waals surface area contributed by atoms with E-state index < -0.39 is 5.97 Å². The lowest BCUT2D eigenvalue weighted by Gasteiger charge is -2.13. The summed E-state index contributed by atoms with van der Waals surface area (Å²) in [6.45, 7) is 6.48. The third-order valence-electron chi connectivity index (χ3n) is 4.78. The third kappa shape index (κ3) is 16.1. The number of unbranched alkanes of at least 4 members (excludes halogenated alkanes) is 6. The van der Waals surface area contributed by atoms with Crippen LogP contribution in [0.3, 0.4) is 0 Å². The fourth-order valence-electron chi connectivity index (χ4n) is 2.97. The van der Waals surface area contributed by atoms with Crippen LogP contribution in [0.15, 0.2) is 23.3 Å². The first-order valence-corrected chi connectivity index (χ1v) is 10.2. The molecule has 0 aliphatic rings. The highest BCUT2D eigenvalue weighted by atomic mass is 16.4. The Bertz CT molecular complexity index is 396. The number of aliphatic hydroxyl groups excluding tert-OH is 1. The molecule has 0 saturated heterocycles. The van der Waals surface area contributed by atoms with Gasteiger partial charge in [-0.2, -0.15) is 0 Å². The van der Waals surface area contributed by atoms with Crippen LogP contribution in [0.5, 0.6) is 0 Å². The molecule has 1 atom stereocenters. The molecule has 0 saturated carbocycles. The summed E-state index contributed by atoms with van der Waals surface area (Å²) in [5.74, 6) is -0.680. The lowest BCUT2D eigenvalue weighted by molar-refractivity contribution is -0.137. The van der Waals surface area contributed by atoms with Crippen molar-refractivity contribution in [3.63, 3.8) is 0 Å². The summed E-state index contributed by atoms with van der Waals surface area (Å²) < 4.78 is 0. The summed E-state index contributed by atoms with van der Waals surface area (Å²) in [5, 5.41) is 18.7. The number of hydrogen-bond acceptors (Lipinski definition) is 2. The standard InChI is InChI=1S/C22H40O3/c1-4-5-6-13-16-21(23)18-20(3)19(2)15-12-10-8-7-9-11-14-17-22(24)25/h5-6,21,23H,4,7-18H2,1-3H3,(H,24,25)/b6-5-,20-19-. The van der Waals surface area contributed by atoms with Gasteiger partial charge in [-0.3, -0.25) is 4.79 Å². The van der Waals surface area contributed by atoms with E-state index in [2.05, 4.69) is 32.9 Å². The molecule has 0 aliphatic carbocycles. The Morgan fingerprint density at radius 3 is 2.00 bits per heavy atom. The molecule has 0 amide bonds.